The first-order chi connectivity index (χ1) is 8.97. The van der Waals surface area contributed by atoms with E-state index in [1.165, 1.54) is 21.3 Å². The first-order valence-electron chi connectivity index (χ1n) is 5.84. The summed E-state index contributed by atoms with van der Waals surface area (Å²) in [5.41, 5.74) is 1.33. The first-order valence-corrected chi connectivity index (χ1v) is 5.84. The molecule has 1 heterocycles. The Labute approximate surface area is 109 Å². The van der Waals surface area contributed by atoms with Crippen molar-refractivity contribution in [2.45, 2.75) is 6.92 Å². The number of hydrogen-bond acceptors (Lipinski definition) is 4. The van der Waals surface area contributed by atoms with Gasteiger partial charge in [-0.1, -0.05) is 0 Å². The van der Waals surface area contributed by atoms with Crippen molar-refractivity contribution in [2.75, 3.05) is 6.61 Å². The SMILES string of the molecule is CCOC(=O)C(=O)c1ccc2c(c1)n(C)c(=O)n2C. The average molecular weight is 262 g/mol. The lowest BCUT2D eigenvalue weighted by Gasteiger charge is -2.02. The smallest absolute Gasteiger partial charge is 0.379 e. The molecule has 100 valence electrons. The van der Waals surface area contributed by atoms with Gasteiger partial charge in [-0.2, -0.15) is 0 Å². The molecule has 19 heavy (non-hydrogen) atoms. The molecular formula is C13H14N2O4. The van der Waals surface area contributed by atoms with Crippen molar-refractivity contribution < 1.29 is 14.3 Å². The van der Waals surface area contributed by atoms with Gasteiger partial charge in [0.1, 0.15) is 0 Å². The molecule has 0 unspecified atom stereocenters. The van der Waals surface area contributed by atoms with E-state index in [2.05, 4.69) is 4.74 Å². The second kappa shape index (κ2) is 4.72. The molecule has 0 aliphatic rings. The van der Waals surface area contributed by atoms with Crippen LogP contribution in [0.2, 0.25) is 0 Å². The number of carbonyl (C=O) groups is 2. The predicted molar refractivity (Wildman–Crippen MR) is 69.1 cm³/mol. The lowest BCUT2D eigenvalue weighted by atomic mass is 10.1. The summed E-state index contributed by atoms with van der Waals surface area (Å²) >= 11 is 0. The van der Waals surface area contributed by atoms with Crippen LogP contribution in [0.25, 0.3) is 11.0 Å². The fourth-order valence-electron chi connectivity index (χ4n) is 1.96. The summed E-state index contributed by atoms with van der Waals surface area (Å²) in [4.78, 5) is 35.0. The monoisotopic (exact) mass is 262 g/mol. The molecule has 0 bridgehead atoms. The summed E-state index contributed by atoms with van der Waals surface area (Å²) in [5, 5.41) is 0. The van der Waals surface area contributed by atoms with Gasteiger partial charge in [-0.25, -0.2) is 9.59 Å². The van der Waals surface area contributed by atoms with E-state index in [0.29, 0.717) is 11.0 Å². The third-order valence-corrected chi connectivity index (χ3v) is 2.99. The van der Waals surface area contributed by atoms with E-state index in [1.807, 2.05) is 0 Å². The van der Waals surface area contributed by atoms with E-state index in [1.54, 1.807) is 27.1 Å². The second-order valence-electron chi connectivity index (χ2n) is 4.15. The molecule has 0 radical (unpaired) electrons. The minimum absolute atomic E-state index is 0.149. The van der Waals surface area contributed by atoms with Crippen molar-refractivity contribution in [3.05, 3.63) is 34.2 Å². The number of benzene rings is 1. The van der Waals surface area contributed by atoms with Gasteiger partial charge in [-0.15, -0.1) is 0 Å². The van der Waals surface area contributed by atoms with E-state index in [-0.39, 0.29) is 17.9 Å². The summed E-state index contributed by atoms with van der Waals surface area (Å²) < 4.78 is 7.58. The number of aryl methyl sites for hydroxylation is 2. The standard InChI is InChI=1S/C13H14N2O4/c1-4-19-12(17)11(16)8-5-6-9-10(7-8)15(3)13(18)14(9)2/h5-7H,4H2,1-3H3. The molecule has 0 saturated carbocycles. The predicted octanol–water partition coefficient (Wildman–Crippen LogP) is 0.623. The number of carbonyl (C=O) groups excluding carboxylic acids is 2. The van der Waals surface area contributed by atoms with Crippen molar-refractivity contribution in [3.63, 3.8) is 0 Å². The number of esters is 1. The maximum Gasteiger partial charge on any atom is 0.379 e. The molecule has 0 amide bonds. The average Bonchev–Trinajstić information content (AvgIpc) is 2.63. The molecule has 1 aromatic carbocycles. The summed E-state index contributed by atoms with van der Waals surface area (Å²) in [6.45, 7) is 1.78. The summed E-state index contributed by atoms with van der Waals surface area (Å²) in [7, 11) is 3.26. The zero-order valence-electron chi connectivity index (χ0n) is 11.0. The van der Waals surface area contributed by atoms with Crippen molar-refractivity contribution in [1.82, 2.24) is 9.13 Å². The number of rotatable bonds is 3. The van der Waals surface area contributed by atoms with Gasteiger partial charge in [0, 0.05) is 19.7 Å². The Morgan fingerprint density at radius 3 is 2.42 bits per heavy atom. The van der Waals surface area contributed by atoms with Crippen LogP contribution in [-0.2, 0) is 23.6 Å². The fraction of sp³-hybridized carbons (Fsp3) is 0.308. The molecular weight excluding hydrogens is 248 g/mol. The molecule has 0 fully saturated rings. The number of Topliss-reactive ketones (excluding diaryl/α,β-unsaturated/α-hetero) is 1. The molecule has 2 aromatic rings. The third-order valence-electron chi connectivity index (χ3n) is 2.99. The van der Waals surface area contributed by atoms with E-state index in [9.17, 15) is 14.4 Å². The minimum Gasteiger partial charge on any atom is -0.460 e. The lowest BCUT2D eigenvalue weighted by molar-refractivity contribution is -0.137. The minimum atomic E-state index is -0.886. The van der Waals surface area contributed by atoms with Crippen LogP contribution in [0.3, 0.4) is 0 Å². The van der Waals surface area contributed by atoms with Crippen LogP contribution in [0.5, 0.6) is 0 Å². The van der Waals surface area contributed by atoms with Gasteiger partial charge in [0.15, 0.2) is 0 Å². The van der Waals surface area contributed by atoms with Gasteiger partial charge in [0.25, 0.3) is 5.78 Å². The number of aromatic nitrogens is 2. The topological polar surface area (TPSA) is 70.3 Å². The highest BCUT2D eigenvalue weighted by Gasteiger charge is 2.19. The Hall–Kier alpha value is -2.37. The zero-order chi connectivity index (χ0) is 14.2. The van der Waals surface area contributed by atoms with Crippen LogP contribution < -0.4 is 5.69 Å². The van der Waals surface area contributed by atoms with E-state index in [0.717, 1.165) is 0 Å². The maximum absolute atomic E-state index is 11.8. The van der Waals surface area contributed by atoms with Crippen LogP contribution >= 0.6 is 0 Å². The molecule has 6 heteroatoms. The van der Waals surface area contributed by atoms with Crippen LogP contribution in [0, 0.1) is 0 Å². The fourth-order valence-corrected chi connectivity index (χ4v) is 1.96. The summed E-state index contributed by atoms with van der Waals surface area (Å²) in [6, 6.07) is 4.68. The highest BCUT2D eigenvalue weighted by atomic mass is 16.5. The normalized spacial score (nSPS) is 10.7. The molecule has 1 aromatic heterocycles. The Morgan fingerprint density at radius 2 is 1.79 bits per heavy atom. The Bertz CT molecular complexity index is 724. The molecule has 2 rings (SSSR count). The van der Waals surface area contributed by atoms with Gasteiger partial charge >= 0.3 is 11.7 Å². The Kier molecular flexibility index (Phi) is 3.25. The molecule has 6 nitrogen and oxygen atoms in total. The van der Waals surface area contributed by atoms with Crippen molar-refractivity contribution in [3.8, 4) is 0 Å². The highest BCUT2D eigenvalue weighted by Crippen LogP contribution is 2.14. The number of fused-ring (bicyclic) bond motifs is 1. The second-order valence-corrected chi connectivity index (χ2v) is 4.15. The Balaban J connectivity index is 2.54. The third kappa shape index (κ3) is 2.05. The van der Waals surface area contributed by atoms with Gasteiger partial charge in [-0.3, -0.25) is 13.9 Å². The zero-order valence-corrected chi connectivity index (χ0v) is 11.0. The van der Waals surface area contributed by atoms with Crippen LogP contribution in [0.1, 0.15) is 17.3 Å². The number of ether oxygens (including phenoxy) is 1. The number of hydrogen-bond donors (Lipinski definition) is 0. The molecule has 0 spiro atoms. The van der Waals surface area contributed by atoms with Crippen LogP contribution in [-0.4, -0.2) is 27.5 Å². The van der Waals surface area contributed by atoms with Crippen molar-refractivity contribution in [2.24, 2.45) is 14.1 Å². The largest absolute Gasteiger partial charge is 0.460 e. The molecule has 0 saturated heterocycles. The maximum atomic E-state index is 11.8. The highest BCUT2D eigenvalue weighted by molar-refractivity contribution is 6.40. The lowest BCUT2D eigenvalue weighted by Crippen LogP contribution is -2.19. The van der Waals surface area contributed by atoms with Crippen molar-refractivity contribution in [1.29, 1.82) is 0 Å². The van der Waals surface area contributed by atoms with Gasteiger partial charge in [0.05, 0.1) is 17.6 Å². The Morgan fingerprint density at radius 1 is 1.16 bits per heavy atom. The van der Waals surface area contributed by atoms with Gasteiger partial charge < -0.3 is 4.74 Å². The number of ketones is 1. The quantitative estimate of drug-likeness (QED) is 0.462. The van der Waals surface area contributed by atoms with Crippen LogP contribution in [0.4, 0.5) is 0 Å². The van der Waals surface area contributed by atoms with Crippen molar-refractivity contribution >= 4 is 22.8 Å². The number of imidazole rings is 1. The summed E-state index contributed by atoms with van der Waals surface area (Å²) in [5.74, 6) is -1.59. The first kappa shape index (κ1) is 13.1. The molecule has 0 aliphatic heterocycles. The summed E-state index contributed by atoms with van der Waals surface area (Å²) in [6.07, 6.45) is 0. The molecule has 0 atom stereocenters. The molecule has 0 aliphatic carbocycles. The van der Waals surface area contributed by atoms with E-state index >= 15 is 0 Å². The van der Waals surface area contributed by atoms with E-state index < -0.39 is 11.8 Å². The van der Waals surface area contributed by atoms with E-state index in [4.69, 9.17) is 0 Å². The van der Waals surface area contributed by atoms with Crippen LogP contribution in [0.15, 0.2) is 23.0 Å². The van der Waals surface area contributed by atoms with Gasteiger partial charge in [-0.05, 0) is 25.1 Å². The molecule has 0 N–H and O–H groups in total. The number of nitrogens with zero attached hydrogens (tertiary/aromatic N) is 2. The van der Waals surface area contributed by atoms with Gasteiger partial charge in [0.2, 0.25) is 0 Å².